The lowest BCUT2D eigenvalue weighted by Gasteiger charge is -2.24. The van der Waals surface area contributed by atoms with E-state index >= 15 is 0 Å². The van der Waals surface area contributed by atoms with Crippen LogP contribution >= 0.6 is 0 Å². The minimum atomic E-state index is -0.0436. The van der Waals surface area contributed by atoms with E-state index in [4.69, 9.17) is 9.51 Å². The Morgan fingerprint density at radius 3 is 2.92 bits per heavy atom. The van der Waals surface area contributed by atoms with Crippen LogP contribution in [-0.2, 0) is 6.54 Å². The Morgan fingerprint density at radius 1 is 1.32 bits per heavy atom. The van der Waals surface area contributed by atoms with Crippen LogP contribution < -0.4 is 0 Å². The van der Waals surface area contributed by atoms with Crippen molar-refractivity contribution in [3.05, 3.63) is 47.1 Å². The number of hydrogen-bond acceptors (Lipinski definition) is 5. The van der Waals surface area contributed by atoms with E-state index in [0.29, 0.717) is 11.6 Å². The average molecular weight is 340 g/mol. The van der Waals surface area contributed by atoms with E-state index in [1.165, 1.54) is 0 Å². The predicted molar refractivity (Wildman–Crippen MR) is 93.1 cm³/mol. The molecule has 0 N–H and O–H groups in total. The Bertz CT molecular complexity index is 766. The zero-order valence-corrected chi connectivity index (χ0v) is 14.8. The smallest absolute Gasteiger partial charge is 0.276 e. The summed E-state index contributed by atoms with van der Waals surface area (Å²) < 4.78 is 5.35. The number of hydrogen-bond donors (Lipinski definition) is 0. The number of carbonyl (C=O) groups excluding carboxylic acids is 1. The van der Waals surface area contributed by atoms with Gasteiger partial charge in [0.25, 0.3) is 5.91 Å². The molecule has 1 amide bonds. The zero-order chi connectivity index (χ0) is 17.4. The summed E-state index contributed by atoms with van der Waals surface area (Å²) in [5, 5.41) is 4.01. The quantitative estimate of drug-likeness (QED) is 0.837. The Labute approximate surface area is 147 Å². The highest BCUT2D eigenvalue weighted by Gasteiger charge is 2.34. The molecule has 4 rings (SSSR count). The van der Waals surface area contributed by atoms with Crippen molar-refractivity contribution in [2.75, 3.05) is 20.6 Å². The average Bonchev–Trinajstić information content (AvgIpc) is 3.12. The number of pyridine rings is 1. The molecule has 1 aliphatic heterocycles. The minimum absolute atomic E-state index is 0.0238. The lowest BCUT2D eigenvalue weighted by molar-refractivity contribution is 0.0722. The highest BCUT2D eigenvalue weighted by Crippen LogP contribution is 2.40. The third kappa shape index (κ3) is 3.44. The van der Waals surface area contributed by atoms with Crippen LogP contribution in [0.15, 0.2) is 28.8 Å². The third-order valence-electron chi connectivity index (χ3n) is 4.89. The topological polar surface area (TPSA) is 62.5 Å². The molecular weight excluding hydrogens is 316 g/mol. The van der Waals surface area contributed by atoms with Gasteiger partial charge in [-0.1, -0.05) is 11.2 Å². The van der Waals surface area contributed by atoms with E-state index in [9.17, 15) is 4.79 Å². The van der Waals surface area contributed by atoms with Gasteiger partial charge < -0.3 is 14.3 Å². The second kappa shape index (κ2) is 6.59. The molecule has 6 heteroatoms. The zero-order valence-electron chi connectivity index (χ0n) is 14.8. The van der Waals surface area contributed by atoms with Gasteiger partial charge in [0, 0.05) is 25.1 Å². The van der Waals surface area contributed by atoms with Crippen molar-refractivity contribution >= 4 is 5.91 Å². The van der Waals surface area contributed by atoms with Crippen molar-refractivity contribution in [3.63, 3.8) is 0 Å². The van der Waals surface area contributed by atoms with E-state index < -0.39 is 0 Å². The van der Waals surface area contributed by atoms with Crippen LogP contribution in [0.2, 0.25) is 0 Å². The van der Waals surface area contributed by atoms with Gasteiger partial charge in [-0.25, -0.2) is 0 Å². The highest BCUT2D eigenvalue weighted by atomic mass is 16.5. The first-order chi connectivity index (χ1) is 12.1. The maximum atomic E-state index is 12.9. The monoisotopic (exact) mass is 340 g/mol. The molecule has 1 atom stereocenters. The maximum absolute atomic E-state index is 12.9. The summed E-state index contributed by atoms with van der Waals surface area (Å²) in [5.41, 5.74) is 2.42. The Kier molecular flexibility index (Phi) is 4.29. The fourth-order valence-electron chi connectivity index (χ4n) is 3.51. The molecule has 0 aromatic carbocycles. The molecular formula is C19H24N4O2. The lowest BCUT2D eigenvalue weighted by atomic mass is 10.1. The van der Waals surface area contributed by atoms with Crippen molar-refractivity contribution in [3.8, 4) is 0 Å². The summed E-state index contributed by atoms with van der Waals surface area (Å²) in [6.07, 6.45) is 4.20. The first-order valence-electron chi connectivity index (χ1n) is 9.00. The molecule has 3 heterocycles. The van der Waals surface area contributed by atoms with Gasteiger partial charge in [0.2, 0.25) is 0 Å². The molecule has 0 radical (unpaired) electrons. The molecule has 6 nitrogen and oxygen atoms in total. The number of rotatable bonds is 5. The third-order valence-corrected chi connectivity index (χ3v) is 4.89. The van der Waals surface area contributed by atoms with E-state index in [1.54, 1.807) is 0 Å². The van der Waals surface area contributed by atoms with E-state index in [-0.39, 0.29) is 11.9 Å². The minimum Gasteiger partial charge on any atom is -0.360 e. The van der Waals surface area contributed by atoms with Gasteiger partial charge in [0.15, 0.2) is 5.69 Å². The normalized spacial score (nSPS) is 20.4. The van der Waals surface area contributed by atoms with Crippen molar-refractivity contribution in [2.24, 2.45) is 0 Å². The van der Waals surface area contributed by atoms with Crippen LogP contribution in [0.1, 0.15) is 65.3 Å². The molecule has 1 saturated carbocycles. The van der Waals surface area contributed by atoms with Gasteiger partial charge in [0.1, 0.15) is 5.76 Å². The van der Waals surface area contributed by atoms with E-state index in [2.05, 4.69) is 10.1 Å². The van der Waals surface area contributed by atoms with Gasteiger partial charge in [-0.2, -0.15) is 0 Å². The van der Waals surface area contributed by atoms with Crippen LogP contribution in [0.5, 0.6) is 0 Å². The molecule has 2 aliphatic rings. The number of aromatic nitrogens is 2. The molecule has 132 valence electrons. The number of likely N-dealkylation sites (tertiary alicyclic amines) is 1. The fraction of sp³-hybridized carbons (Fsp3) is 0.526. The molecule has 1 aliphatic carbocycles. The summed E-state index contributed by atoms with van der Waals surface area (Å²) >= 11 is 0. The van der Waals surface area contributed by atoms with Gasteiger partial charge in [0.05, 0.1) is 17.4 Å². The van der Waals surface area contributed by atoms with Crippen molar-refractivity contribution in [1.29, 1.82) is 0 Å². The summed E-state index contributed by atoms with van der Waals surface area (Å²) in [4.78, 5) is 21.7. The number of amides is 1. The fourth-order valence-corrected chi connectivity index (χ4v) is 3.51. The SMILES string of the molecule is CN(C)Cc1cccc(C2CCCN2C(=O)c2cc(C3CC3)on2)n1. The van der Waals surface area contributed by atoms with Crippen LogP contribution in [0.25, 0.3) is 0 Å². The second-order valence-electron chi connectivity index (χ2n) is 7.34. The summed E-state index contributed by atoms with van der Waals surface area (Å²) in [6.45, 7) is 1.54. The van der Waals surface area contributed by atoms with Crippen LogP contribution in [0.4, 0.5) is 0 Å². The molecule has 2 fully saturated rings. The molecule has 1 unspecified atom stereocenters. The van der Waals surface area contributed by atoms with Crippen LogP contribution in [-0.4, -0.2) is 46.5 Å². The van der Waals surface area contributed by atoms with Crippen LogP contribution in [0, 0.1) is 0 Å². The molecule has 0 bridgehead atoms. The lowest BCUT2D eigenvalue weighted by Crippen LogP contribution is -2.31. The summed E-state index contributed by atoms with van der Waals surface area (Å²) in [6, 6.07) is 7.93. The number of carbonyl (C=O) groups is 1. The Hall–Kier alpha value is -2.21. The Morgan fingerprint density at radius 2 is 2.16 bits per heavy atom. The maximum Gasteiger partial charge on any atom is 0.276 e. The van der Waals surface area contributed by atoms with Gasteiger partial charge in [-0.05, 0) is 51.9 Å². The van der Waals surface area contributed by atoms with Crippen LogP contribution in [0.3, 0.4) is 0 Å². The molecule has 25 heavy (non-hydrogen) atoms. The van der Waals surface area contributed by atoms with Crippen molar-refractivity contribution < 1.29 is 9.32 Å². The molecule has 1 saturated heterocycles. The summed E-state index contributed by atoms with van der Waals surface area (Å²) in [5.74, 6) is 1.27. The van der Waals surface area contributed by atoms with Crippen molar-refractivity contribution in [2.45, 2.75) is 44.2 Å². The summed E-state index contributed by atoms with van der Waals surface area (Å²) in [7, 11) is 4.06. The first kappa shape index (κ1) is 16.3. The number of nitrogens with zero attached hydrogens (tertiary/aromatic N) is 4. The standard InChI is InChI=1S/C19H24N4O2/c1-22(2)12-14-5-3-6-15(20-14)17-7-4-10-23(17)19(24)16-11-18(25-21-16)13-8-9-13/h3,5-6,11,13,17H,4,7-10,12H2,1-2H3. The highest BCUT2D eigenvalue weighted by molar-refractivity contribution is 5.92. The first-order valence-corrected chi connectivity index (χ1v) is 9.00. The second-order valence-corrected chi connectivity index (χ2v) is 7.34. The Balaban J connectivity index is 1.54. The molecule has 2 aromatic rings. The van der Waals surface area contributed by atoms with E-state index in [1.807, 2.05) is 43.3 Å². The van der Waals surface area contributed by atoms with E-state index in [0.717, 1.165) is 55.9 Å². The van der Waals surface area contributed by atoms with Crippen molar-refractivity contribution in [1.82, 2.24) is 19.9 Å². The molecule has 2 aromatic heterocycles. The largest absolute Gasteiger partial charge is 0.360 e. The molecule has 0 spiro atoms. The van der Waals surface area contributed by atoms with Gasteiger partial charge in [-0.3, -0.25) is 9.78 Å². The predicted octanol–water partition coefficient (Wildman–Crippen LogP) is 2.99. The van der Waals surface area contributed by atoms with Gasteiger partial charge in [-0.15, -0.1) is 0 Å². The van der Waals surface area contributed by atoms with Gasteiger partial charge >= 0.3 is 0 Å².